The number of methoxy groups -OCH3 is 1. The molecule has 0 aromatic carbocycles. The fourth-order valence-corrected chi connectivity index (χ4v) is 1.07. The molecule has 0 aliphatic rings. The van der Waals surface area contributed by atoms with E-state index in [4.69, 9.17) is 5.73 Å². The van der Waals surface area contributed by atoms with Crippen LogP contribution in [0.5, 0.6) is 0 Å². The molecule has 0 aromatic rings. The molecule has 0 aromatic heterocycles. The molecular weight excluding hydrogens is 194 g/mol. The zero-order chi connectivity index (χ0) is 10.5. The number of carbonyl (C=O) groups is 1. The standard InChI is InChI=1S/C7H13NO4S/c1-12-7(9)5-6(8)3-4-13(2,10)11/h3-4,6H,5,8H2,1-2H3/b4-3+/t6-/m1/s1. The molecule has 0 bridgehead atoms. The summed E-state index contributed by atoms with van der Waals surface area (Å²) in [6, 6.07) is -0.623. The Morgan fingerprint density at radius 1 is 1.62 bits per heavy atom. The van der Waals surface area contributed by atoms with E-state index in [1.807, 2.05) is 0 Å². The fraction of sp³-hybridized carbons (Fsp3) is 0.571. The minimum atomic E-state index is -3.17. The minimum Gasteiger partial charge on any atom is -0.469 e. The largest absolute Gasteiger partial charge is 0.469 e. The van der Waals surface area contributed by atoms with E-state index in [0.717, 1.165) is 11.7 Å². The van der Waals surface area contributed by atoms with E-state index in [1.54, 1.807) is 0 Å². The van der Waals surface area contributed by atoms with E-state index >= 15 is 0 Å². The molecule has 5 nitrogen and oxygen atoms in total. The number of esters is 1. The van der Waals surface area contributed by atoms with Gasteiger partial charge >= 0.3 is 5.97 Å². The normalized spacial score (nSPS) is 14.4. The van der Waals surface area contributed by atoms with E-state index in [0.29, 0.717) is 0 Å². The van der Waals surface area contributed by atoms with Crippen LogP contribution >= 0.6 is 0 Å². The monoisotopic (exact) mass is 207 g/mol. The zero-order valence-electron chi connectivity index (χ0n) is 7.56. The van der Waals surface area contributed by atoms with Crippen LogP contribution in [0.25, 0.3) is 0 Å². The Bertz CT molecular complexity index is 294. The first-order chi connectivity index (χ1) is 5.85. The molecule has 0 saturated heterocycles. The molecule has 1 atom stereocenters. The summed E-state index contributed by atoms with van der Waals surface area (Å²) in [7, 11) is -1.93. The summed E-state index contributed by atoms with van der Waals surface area (Å²) in [5.74, 6) is -0.467. The smallest absolute Gasteiger partial charge is 0.307 e. The summed E-state index contributed by atoms with van der Waals surface area (Å²) in [4.78, 5) is 10.7. The van der Waals surface area contributed by atoms with Crippen molar-refractivity contribution in [1.29, 1.82) is 0 Å². The Balaban J connectivity index is 4.09. The van der Waals surface area contributed by atoms with Crippen molar-refractivity contribution < 1.29 is 17.9 Å². The molecule has 13 heavy (non-hydrogen) atoms. The van der Waals surface area contributed by atoms with Crippen molar-refractivity contribution in [2.24, 2.45) is 5.73 Å². The maximum Gasteiger partial charge on any atom is 0.307 e. The van der Waals surface area contributed by atoms with E-state index in [1.165, 1.54) is 13.2 Å². The topological polar surface area (TPSA) is 86.5 Å². The summed E-state index contributed by atoms with van der Waals surface area (Å²) in [6.07, 6.45) is 2.28. The summed E-state index contributed by atoms with van der Waals surface area (Å²) in [6.45, 7) is 0. The summed E-state index contributed by atoms with van der Waals surface area (Å²) in [5, 5.41) is 0.973. The van der Waals surface area contributed by atoms with Crippen molar-refractivity contribution in [3.63, 3.8) is 0 Å². The van der Waals surface area contributed by atoms with Crippen molar-refractivity contribution in [2.75, 3.05) is 13.4 Å². The lowest BCUT2D eigenvalue weighted by atomic mass is 10.2. The van der Waals surface area contributed by atoms with Gasteiger partial charge in [-0.25, -0.2) is 8.42 Å². The van der Waals surface area contributed by atoms with E-state index in [-0.39, 0.29) is 6.42 Å². The Kier molecular flexibility index (Phi) is 4.64. The molecule has 0 spiro atoms. The molecule has 0 amide bonds. The highest BCUT2D eigenvalue weighted by atomic mass is 32.2. The molecule has 0 rings (SSSR count). The number of carbonyl (C=O) groups excluding carboxylic acids is 1. The first-order valence-electron chi connectivity index (χ1n) is 3.56. The SMILES string of the molecule is COC(=O)C[C@H](N)/C=C/S(C)(=O)=O. The number of hydrogen-bond acceptors (Lipinski definition) is 5. The molecular formula is C7H13NO4S. The zero-order valence-corrected chi connectivity index (χ0v) is 8.37. The van der Waals surface area contributed by atoms with E-state index in [2.05, 4.69) is 4.74 Å². The molecule has 0 saturated carbocycles. The van der Waals surface area contributed by atoms with Crippen LogP contribution in [0.15, 0.2) is 11.5 Å². The maximum atomic E-state index is 10.7. The lowest BCUT2D eigenvalue weighted by molar-refractivity contribution is -0.140. The summed E-state index contributed by atoms with van der Waals surface area (Å²) < 4.78 is 25.6. The maximum absolute atomic E-state index is 10.7. The third-order valence-electron chi connectivity index (χ3n) is 1.20. The molecule has 0 fully saturated rings. The van der Waals surface area contributed by atoms with Crippen LogP contribution in [-0.4, -0.2) is 33.8 Å². The van der Waals surface area contributed by atoms with Gasteiger partial charge in [0.05, 0.1) is 13.5 Å². The Labute approximate surface area is 77.5 Å². The fourth-order valence-electron chi connectivity index (χ4n) is 0.587. The van der Waals surface area contributed by atoms with Crippen molar-refractivity contribution in [3.8, 4) is 0 Å². The van der Waals surface area contributed by atoms with Crippen LogP contribution in [-0.2, 0) is 19.4 Å². The van der Waals surface area contributed by atoms with Gasteiger partial charge in [0.25, 0.3) is 0 Å². The third kappa shape index (κ3) is 7.48. The van der Waals surface area contributed by atoms with Crippen molar-refractivity contribution in [2.45, 2.75) is 12.5 Å². The molecule has 0 aliphatic carbocycles. The van der Waals surface area contributed by atoms with Crippen LogP contribution in [0, 0.1) is 0 Å². The van der Waals surface area contributed by atoms with Crippen LogP contribution < -0.4 is 5.73 Å². The van der Waals surface area contributed by atoms with Crippen LogP contribution in [0.3, 0.4) is 0 Å². The molecule has 0 unspecified atom stereocenters. The number of nitrogens with two attached hydrogens (primary N) is 1. The summed E-state index contributed by atoms with van der Waals surface area (Å²) >= 11 is 0. The summed E-state index contributed by atoms with van der Waals surface area (Å²) in [5.41, 5.74) is 5.41. The second-order valence-electron chi connectivity index (χ2n) is 2.60. The van der Waals surface area contributed by atoms with E-state index < -0.39 is 21.8 Å². The van der Waals surface area contributed by atoms with Gasteiger partial charge in [-0.15, -0.1) is 0 Å². The number of hydrogen-bond donors (Lipinski definition) is 1. The Hall–Kier alpha value is -0.880. The number of sulfone groups is 1. The van der Waals surface area contributed by atoms with Gasteiger partial charge in [0.2, 0.25) is 0 Å². The second kappa shape index (κ2) is 4.98. The first kappa shape index (κ1) is 12.1. The highest BCUT2D eigenvalue weighted by Crippen LogP contribution is 1.95. The lowest BCUT2D eigenvalue weighted by Crippen LogP contribution is -2.22. The molecule has 0 aliphatic heterocycles. The predicted molar refractivity (Wildman–Crippen MR) is 48.6 cm³/mol. The van der Waals surface area contributed by atoms with Crippen LogP contribution in [0.1, 0.15) is 6.42 Å². The predicted octanol–water partition coefficient (Wildman–Crippen LogP) is -0.565. The molecule has 0 heterocycles. The van der Waals surface area contributed by atoms with Gasteiger partial charge in [-0.1, -0.05) is 6.08 Å². The van der Waals surface area contributed by atoms with Crippen LogP contribution in [0.4, 0.5) is 0 Å². The lowest BCUT2D eigenvalue weighted by Gasteiger charge is -2.03. The van der Waals surface area contributed by atoms with Gasteiger partial charge in [-0.2, -0.15) is 0 Å². The average molecular weight is 207 g/mol. The van der Waals surface area contributed by atoms with Gasteiger partial charge < -0.3 is 10.5 Å². The second-order valence-corrected chi connectivity index (χ2v) is 4.53. The molecule has 2 N–H and O–H groups in total. The average Bonchev–Trinajstić information content (AvgIpc) is 1.99. The van der Waals surface area contributed by atoms with E-state index in [9.17, 15) is 13.2 Å². The van der Waals surface area contributed by atoms with Crippen molar-refractivity contribution >= 4 is 15.8 Å². The number of rotatable bonds is 4. The molecule has 76 valence electrons. The highest BCUT2D eigenvalue weighted by molar-refractivity contribution is 7.93. The van der Waals surface area contributed by atoms with Crippen LogP contribution in [0.2, 0.25) is 0 Å². The quantitative estimate of drug-likeness (QED) is 0.624. The molecule has 0 radical (unpaired) electrons. The Morgan fingerprint density at radius 2 is 2.15 bits per heavy atom. The van der Waals surface area contributed by atoms with Gasteiger partial charge in [0.15, 0.2) is 9.84 Å². The van der Waals surface area contributed by atoms with Gasteiger partial charge in [-0.05, 0) is 0 Å². The van der Waals surface area contributed by atoms with Crippen molar-refractivity contribution in [1.82, 2.24) is 0 Å². The first-order valence-corrected chi connectivity index (χ1v) is 5.51. The van der Waals surface area contributed by atoms with Gasteiger partial charge in [-0.3, -0.25) is 4.79 Å². The third-order valence-corrected chi connectivity index (χ3v) is 1.85. The minimum absolute atomic E-state index is 0.0253. The number of ether oxygens (including phenoxy) is 1. The molecule has 6 heteroatoms. The van der Waals surface area contributed by atoms with Crippen molar-refractivity contribution in [3.05, 3.63) is 11.5 Å². The van der Waals surface area contributed by atoms with Gasteiger partial charge in [0, 0.05) is 17.7 Å². The van der Waals surface area contributed by atoms with Gasteiger partial charge in [0.1, 0.15) is 0 Å². The Morgan fingerprint density at radius 3 is 2.54 bits per heavy atom. The highest BCUT2D eigenvalue weighted by Gasteiger charge is 2.06.